The topological polar surface area (TPSA) is 157 Å². The van der Waals surface area contributed by atoms with Gasteiger partial charge in [-0.05, 0) is 54.2 Å². The molecular weight excluding hydrogens is 769 g/mol. The van der Waals surface area contributed by atoms with Gasteiger partial charge in [0, 0.05) is 32.5 Å². The van der Waals surface area contributed by atoms with Gasteiger partial charge in [0.05, 0.1) is 17.4 Å². The van der Waals surface area contributed by atoms with E-state index in [9.17, 15) is 15.3 Å². The van der Waals surface area contributed by atoms with Crippen molar-refractivity contribution in [2.24, 2.45) is 5.92 Å². The lowest BCUT2D eigenvalue weighted by molar-refractivity contribution is -0.169. The number of hydrogen-bond acceptors (Lipinski definition) is 13. The molecule has 0 aliphatic carbocycles. The first-order chi connectivity index (χ1) is 25.6. The number of nitrogens with zero attached hydrogens (tertiary/aromatic N) is 5. The van der Waals surface area contributed by atoms with E-state index in [1.807, 2.05) is 74.3 Å². The fourth-order valence-electron chi connectivity index (χ4n) is 11.5. The van der Waals surface area contributed by atoms with Crippen molar-refractivity contribution in [3.05, 3.63) is 59.7 Å². The number of piperazine rings is 2. The zero-order valence-corrected chi connectivity index (χ0v) is 34.8. The summed E-state index contributed by atoms with van der Waals surface area (Å²) in [5, 5.41) is 41.9. The van der Waals surface area contributed by atoms with Crippen LogP contribution in [0.4, 0.5) is 11.4 Å². The summed E-state index contributed by atoms with van der Waals surface area (Å²) in [6.45, 7) is 3.11. The maximum Gasteiger partial charge on any atom is 0.264 e. The Hall–Kier alpha value is -2.80. The number of benzene rings is 2. The highest BCUT2D eigenvalue weighted by atomic mass is 32.2. The van der Waals surface area contributed by atoms with E-state index >= 15 is 19.2 Å². The number of carbonyl (C=O) groups excluding carboxylic acids is 4. The smallest absolute Gasteiger partial charge is 0.264 e. The van der Waals surface area contributed by atoms with Crippen molar-refractivity contribution in [2.75, 3.05) is 63.0 Å². The predicted molar refractivity (Wildman–Crippen MR) is 214 cm³/mol. The van der Waals surface area contributed by atoms with Crippen molar-refractivity contribution in [1.29, 1.82) is 0 Å². The fourth-order valence-corrected chi connectivity index (χ4v) is 15.5. The van der Waals surface area contributed by atoms with E-state index in [4.69, 9.17) is 0 Å². The molecule has 2 aromatic carbocycles. The van der Waals surface area contributed by atoms with Crippen molar-refractivity contribution in [2.45, 2.75) is 68.7 Å². The lowest BCUT2D eigenvalue weighted by Crippen LogP contribution is -2.77. The number of anilines is 2. The van der Waals surface area contributed by atoms with E-state index in [0.717, 1.165) is 35.3 Å². The first-order valence-electron chi connectivity index (χ1n) is 17.7. The van der Waals surface area contributed by atoms with Crippen LogP contribution in [0, 0.1) is 5.92 Å². The zero-order valence-electron chi connectivity index (χ0n) is 31.6. The number of nitrogens with one attached hydrogen (secondary N) is 1. The average molecular weight is 815 g/mol. The van der Waals surface area contributed by atoms with Crippen molar-refractivity contribution >= 4 is 82.1 Å². The Balaban J connectivity index is 1.55. The van der Waals surface area contributed by atoms with Crippen LogP contribution in [0.1, 0.15) is 25.0 Å². The van der Waals surface area contributed by atoms with Gasteiger partial charge < -0.3 is 35.3 Å². The number of hydrogen-bond donors (Lipinski definition) is 4. The molecule has 1 unspecified atom stereocenters. The van der Waals surface area contributed by atoms with Crippen molar-refractivity contribution in [1.82, 2.24) is 19.6 Å². The molecule has 6 aliphatic rings. The molecule has 4 fully saturated rings. The Morgan fingerprint density at radius 3 is 1.83 bits per heavy atom. The number of amides is 4. The van der Waals surface area contributed by atoms with Gasteiger partial charge in [0.2, 0.25) is 0 Å². The van der Waals surface area contributed by atoms with Crippen LogP contribution in [0.5, 0.6) is 0 Å². The highest BCUT2D eigenvalue weighted by Gasteiger charge is 2.91. The van der Waals surface area contributed by atoms with E-state index in [1.165, 1.54) is 33.5 Å². The number of fused-ring (bicyclic) bond motifs is 11. The molecule has 4 amide bonds. The quantitative estimate of drug-likeness (QED) is 0.320. The lowest BCUT2D eigenvalue weighted by atomic mass is 9.52. The number of aliphatic hydroxyl groups excluding tert-OH is 3. The molecule has 4 saturated heterocycles. The van der Waals surface area contributed by atoms with Crippen LogP contribution in [-0.4, -0.2) is 155 Å². The molecule has 8 rings (SSSR count). The second kappa shape index (κ2) is 11.9. The van der Waals surface area contributed by atoms with E-state index in [2.05, 4.69) is 5.32 Å². The van der Waals surface area contributed by atoms with Crippen LogP contribution < -0.4 is 10.2 Å². The van der Waals surface area contributed by atoms with Gasteiger partial charge in [-0.1, -0.05) is 50.2 Å². The summed E-state index contributed by atoms with van der Waals surface area (Å²) in [5.74, 6) is -2.35. The number of para-hydroxylation sites is 2. The standard InChI is InChI=1S/C37H46N6O7S4/c1-19(2)35(52-7)31(50)43-27-34(21-15-11-13-17-23(21)39(27)3,25(46)37(43,54-9)30(49)41(35)5)33-20-14-10-12-16-22(20)38-26(33)42-28(47)32(18-44,51-6)40(4)29(48)36(42,53-8)24(33)45/h10-17,19,24-27,38,44-46H,18H2,1-9H3/t24-,25-,26-,27+,32+,33?,34+,35-,36+,37-/m0/s1. The SMILES string of the molecule is CS[C@@]1(C(C)C)C(=O)N2[C@H]3N(C)c4ccccc4[C@@]3(C34c5ccccc5N[C@H]3N3C(=O)[C@@](CO)(SC)N(C)C(=O)[C@]3(SC)[C@H]4O)[C@H](O)[C@]2(SC)C(=O)N1C. The summed E-state index contributed by atoms with van der Waals surface area (Å²) in [5.41, 5.74) is -1.20. The average Bonchev–Trinajstić information content (AvgIpc) is 3.80. The Kier molecular flexibility index (Phi) is 8.37. The Morgan fingerprint density at radius 2 is 1.26 bits per heavy atom. The van der Waals surface area contributed by atoms with Gasteiger partial charge in [0.1, 0.15) is 24.5 Å². The maximum absolute atomic E-state index is 15.7. The molecule has 17 heteroatoms. The fraction of sp³-hybridized carbons (Fsp3) is 0.568. The van der Waals surface area contributed by atoms with E-state index < -0.39 is 79.2 Å². The third-order valence-corrected chi connectivity index (χ3v) is 18.9. The molecular formula is C37H46N6O7S4. The third kappa shape index (κ3) is 3.48. The summed E-state index contributed by atoms with van der Waals surface area (Å²) < 4.78 is 0. The molecule has 0 aromatic heterocycles. The third-order valence-electron chi connectivity index (χ3n) is 13.7. The van der Waals surface area contributed by atoms with Gasteiger partial charge in [-0.25, -0.2) is 0 Å². The number of likely N-dealkylation sites (N-methyl/N-ethyl adjacent to an activating group) is 3. The molecule has 10 atom stereocenters. The minimum Gasteiger partial charge on any atom is -0.392 e. The first-order valence-corrected chi connectivity index (χ1v) is 22.6. The van der Waals surface area contributed by atoms with Crippen LogP contribution in [0.25, 0.3) is 0 Å². The Labute approximate surface area is 331 Å². The van der Waals surface area contributed by atoms with Crippen LogP contribution >= 0.6 is 47.0 Å². The first kappa shape index (κ1) is 38.1. The Bertz CT molecular complexity index is 2010. The van der Waals surface area contributed by atoms with Gasteiger partial charge in [0.15, 0.2) is 19.5 Å². The minimum absolute atomic E-state index is 0.343. The maximum atomic E-state index is 15.7. The highest BCUT2D eigenvalue weighted by molar-refractivity contribution is 8.02. The lowest BCUT2D eigenvalue weighted by Gasteiger charge is -2.56. The number of carbonyl (C=O) groups is 4. The molecule has 0 radical (unpaired) electrons. The molecule has 13 nitrogen and oxygen atoms in total. The highest BCUT2D eigenvalue weighted by Crippen LogP contribution is 2.75. The second-order valence-electron chi connectivity index (χ2n) is 15.2. The van der Waals surface area contributed by atoms with Gasteiger partial charge in [0.25, 0.3) is 23.6 Å². The largest absolute Gasteiger partial charge is 0.392 e. The molecule has 0 saturated carbocycles. The van der Waals surface area contributed by atoms with Crippen LogP contribution in [-0.2, 0) is 30.0 Å². The molecule has 0 bridgehead atoms. The van der Waals surface area contributed by atoms with Crippen molar-refractivity contribution in [3.8, 4) is 0 Å². The molecule has 4 N–H and O–H groups in total. The van der Waals surface area contributed by atoms with Crippen LogP contribution in [0.3, 0.4) is 0 Å². The summed E-state index contributed by atoms with van der Waals surface area (Å²) in [6.07, 6.45) is 1.12. The van der Waals surface area contributed by atoms with E-state index in [0.29, 0.717) is 22.5 Å². The zero-order chi connectivity index (χ0) is 39.3. The van der Waals surface area contributed by atoms with Crippen LogP contribution in [0.2, 0.25) is 0 Å². The van der Waals surface area contributed by atoms with Crippen LogP contribution in [0.15, 0.2) is 48.5 Å². The normalized spacial score (nSPS) is 40.6. The summed E-state index contributed by atoms with van der Waals surface area (Å²) >= 11 is 4.41. The summed E-state index contributed by atoms with van der Waals surface area (Å²) in [7, 11) is 4.90. The molecule has 54 heavy (non-hydrogen) atoms. The second-order valence-corrected chi connectivity index (χ2v) is 19.4. The minimum atomic E-state index is -1.96. The molecule has 0 spiro atoms. The molecule has 6 heterocycles. The summed E-state index contributed by atoms with van der Waals surface area (Å²) in [6, 6.07) is 14.7. The number of rotatable bonds is 7. The molecule has 6 aliphatic heterocycles. The van der Waals surface area contributed by atoms with Gasteiger partial charge >= 0.3 is 0 Å². The van der Waals surface area contributed by atoms with E-state index in [1.54, 1.807) is 37.0 Å². The Morgan fingerprint density at radius 1 is 0.704 bits per heavy atom. The van der Waals surface area contributed by atoms with Gasteiger partial charge in [-0.2, -0.15) is 0 Å². The number of thioether (sulfide) groups is 4. The summed E-state index contributed by atoms with van der Waals surface area (Å²) in [4.78, 5) is 62.2. The monoisotopic (exact) mass is 814 g/mol. The predicted octanol–water partition coefficient (Wildman–Crippen LogP) is 1.63. The molecule has 2 aromatic rings. The number of aliphatic hydroxyl groups is 3. The van der Waals surface area contributed by atoms with E-state index in [-0.39, 0.29) is 11.8 Å². The van der Waals surface area contributed by atoms with Gasteiger partial charge in [-0.15, -0.1) is 47.0 Å². The van der Waals surface area contributed by atoms with Crippen molar-refractivity contribution in [3.63, 3.8) is 0 Å². The van der Waals surface area contributed by atoms with Gasteiger partial charge in [-0.3, -0.25) is 29.0 Å². The molecule has 290 valence electrons. The van der Waals surface area contributed by atoms with Crippen molar-refractivity contribution < 1.29 is 34.5 Å².